The highest BCUT2D eigenvalue weighted by atomic mass is 35.5. The summed E-state index contributed by atoms with van der Waals surface area (Å²) in [6, 6.07) is 8.94. The van der Waals surface area contributed by atoms with Gasteiger partial charge in [0, 0.05) is 16.0 Å². The average molecular weight is 284 g/mol. The van der Waals surface area contributed by atoms with Gasteiger partial charge >= 0.3 is 0 Å². The number of hydrogen-bond acceptors (Lipinski definition) is 2. The summed E-state index contributed by atoms with van der Waals surface area (Å²) < 4.78 is 0. The van der Waals surface area contributed by atoms with E-state index in [-0.39, 0.29) is 0 Å². The molecule has 0 aliphatic heterocycles. The van der Waals surface area contributed by atoms with Crippen molar-refractivity contribution in [3.05, 3.63) is 29.3 Å². The molecule has 1 aliphatic rings. The Kier molecular flexibility index (Phi) is 5.87. The molecular weight excluding hydrogens is 262 g/mol. The largest absolute Gasteiger partial charge is 0.314 e. The molecule has 1 fully saturated rings. The van der Waals surface area contributed by atoms with Gasteiger partial charge in [-0.25, -0.2) is 0 Å². The van der Waals surface area contributed by atoms with Gasteiger partial charge in [0.1, 0.15) is 0 Å². The second kappa shape index (κ2) is 7.42. The third-order valence-corrected chi connectivity index (χ3v) is 4.99. The molecule has 0 heterocycles. The van der Waals surface area contributed by atoms with E-state index in [1.165, 1.54) is 36.3 Å². The number of benzene rings is 1. The van der Waals surface area contributed by atoms with Crippen LogP contribution >= 0.6 is 23.4 Å². The van der Waals surface area contributed by atoms with E-state index in [2.05, 4.69) is 24.4 Å². The topological polar surface area (TPSA) is 12.0 Å². The SMILES string of the molecule is CCNC1CCCC1CCSc1ccc(Cl)cc1. The van der Waals surface area contributed by atoms with E-state index >= 15 is 0 Å². The Labute approximate surface area is 120 Å². The first kappa shape index (κ1) is 14.2. The minimum Gasteiger partial charge on any atom is -0.314 e. The molecule has 1 nitrogen and oxygen atoms in total. The van der Waals surface area contributed by atoms with Crippen LogP contribution in [0.1, 0.15) is 32.6 Å². The standard InChI is InChI=1S/C15H22ClNS/c1-2-17-15-5-3-4-12(15)10-11-18-14-8-6-13(16)7-9-14/h6-9,12,15,17H,2-5,10-11H2,1H3. The van der Waals surface area contributed by atoms with Crippen LogP contribution in [-0.2, 0) is 0 Å². The van der Waals surface area contributed by atoms with Crippen LogP contribution in [0.3, 0.4) is 0 Å². The summed E-state index contributed by atoms with van der Waals surface area (Å²) in [5.74, 6) is 2.10. The molecule has 18 heavy (non-hydrogen) atoms. The highest BCUT2D eigenvalue weighted by Crippen LogP contribution is 2.31. The lowest BCUT2D eigenvalue weighted by Gasteiger charge is -2.20. The second-order valence-corrected chi connectivity index (χ2v) is 6.55. The van der Waals surface area contributed by atoms with Crippen molar-refractivity contribution in [1.82, 2.24) is 5.32 Å². The molecule has 1 aliphatic carbocycles. The van der Waals surface area contributed by atoms with Crippen LogP contribution in [-0.4, -0.2) is 18.3 Å². The van der Waals surface area contributed by atoms with E-state index in [9.17, 15) is 0 Å². The van der Waals surface area contributed by atoms with Crippen LogP contribution in [0.15, 0.2) is 29.2 Å². The van der Waals surface area contributed by atoms with Gasteiger partial charge in [-0.05, 0) is 61.7 Å². The quantitative estimate of drug-likeness (QED) is 0.766. The van der Waals surface area contributed by atoms with Gasteiger partial charge in [0.2, 0.25) is 0 Å². The van der Waals surface area contributed by atoms with Crippen molar-refractivity contribution in [2.75, 3.05) is 12.3 Å². The van der Waals surface area contributed by atoms with Gasteiger partial charge in [0.25, 0.3) is 0 Å². The third kappa shape index (κ3) is 4.18. The van der Waals surface area contributed by atoms with Gasteiger partial charge in [-0.15, -0.1) is 11.8 Å². The summed E-state index contributed by atoms with van der Waals surface area (Å²) in [5, 5.41) is 4.45. The summed E-state index contributed by atoms with van der Waals surface area (Å²) in [5.41, 5.74) is 0. The molecule has 1 aromatic carbocycles. The predicted molar refractivity (Wildman–Crippen MR) is 81.6 cm³/mol. The molecule has 0 saturated heterocycles. The molecule has 1 N–H and O–H groups in total. The van der Waals surface area contributed by atoms with Crippen molar-refractivity contribution in [3.63, 3.8) is 0 Å². The summed E-state index contributed by atoms with van der Waals surface area (Å²) in [7, 11) is 0. The molecule has 0 radical (unpaired) electrons. The smallest absolute Gasteiger partial charge is 0.0406 e. The second-order valence-electron chi connectivity index (χ2n) is 4.95. The maximum atomic E-state index is 5.89. The minimum absolute atomic E-state index is 0.765. The first-order chi connectivity index (χ1) is 8.79. The molecule has 0 bridgehead atoms. The van der Waals surface area contributed by atoms with Crippen molar-refractivity contribution >= 4 is 23.4 Å². The first-order valence-corrected chi connectivity index (χ1v) is 8.27. The fourth-order valence-corrected chi connectivity index (χ4v) is 3.88. The van der Waals surface area contributed by atoms with Crippen LogP contribution in [0.2, 0.25) is 5.02 Å². The maximum absolute atomic E-state index is 5.89. The van der Waals surface area contributed by atoms with E-state index in [1.807, 2.05) is 23.9 Å². The van der Waals surface area contributed by atoms with Gasteiger partial charge in [0.05, 0.1) is 0 Å². The zero-order valence-corrected chi connectivity index (χ0v) is 12.6. The van der Waals surface area contributed by atoms with E-state index in [0.29, 0.717) is 0 Å². The average Bonchev–Trinajstić information content (AvgIpc) is 2.80. The van der Waals surface area contributed by atoms with Crippen molar-refractivity contribution in [3.8, 4) is 0 Å². The van der Waals surface area contributed by atoms with Gasteiger partial charge < -0.3 is 5.32 Å². The molecule has 1 saturated carbocycles. The van der Waals surface area contributed by atoms with Crippen LogP contribution in [0.4, 0.5) is 0 Å². The van der Waals surface area contributed by atoms with Crippen molar-refractivity contribution in [2.45, 2.75) is 43.5 Å². The zero-order valence-electron chi connectivity index (χ0n) is 11.0. The highest BCUT2D eigenvalue weighted by Gasteiger charge is 2.25. The Morgan fingerprint density at radius 3 is 2.78 bits per heavy atom. The molecule has 100 valence electrons. The fraction of sp³-hybridized carbons (Fsp3) is 0.600. The number of nitrogens with one attached hydrogen (secondary N) is 1. The van der Waals surface area contributed by atoms with Crippen LogP contribution < -0.4 is 5.32 Å². The van der Waals surface area contributed by atoms with Gasteiger partial charge in [-0.1, -0.05) is 24.9 Å². The predicted octanol–water partition coefficient (Wildman–Crippen LogP) is 4.60. The maximum Gasteiger partial charge on any atom is 0.0406 e. The van der Waals surface area contributed by atoms with Gasteiger partial charge in [0.15, 0.2) is 0 Å². The number of thioether (sulfide) groups is 1. The molecule has 3 heteroatoms. The zero-order chi connectivity index (χ0) is 12.8. The van der Waals surface area contributed by atoms with E-state index in [1.54, 1.807) is 0 Å². The van der Waals surface area contributed by atoms with E-state index in [0.717, 1.165) is 23.5 Å². The van der Waals surface area contributed by atoms with Gasteiger partial charge in [-0.3, -0.25) is 0 Å². The van der Waals surface area contributed by atoms with Crippen molar-refractivity contribution in [1.29, 1.82) is 0 Å². The lowest BCUT2D eigenvalue weighted by Crippen LogP contribution is -2.32. The highest BCUT2D eigenvalue weighted by molar-refractivity contribution is 7.99. The minimum atomic E-state index is 0.765. The summed E-state index contributed by atoms with van der Waals surface area (Å²) in [6.45, 7) is 3.31. The van der Waals surface area contributed by atoms with Crippen molar-refractivity contribution < 1.29 is 0 Å². The molecule has 1 aromatic rings. The lowest BCUT2D eigenvalue weighted by atomic mass is 10.0. The summed E-state index contributed by atoms with van der Waals surface area (Å²) in [6.07, 6.45) is 5.49. The van der Waals surface area contributed by atoms with E-state index in [4.69, 9.17) is 11.6 Å². The van der Waals surface area contributed by atoms with Crippen LogP contribution in [0, 0.1) is 5.92 Å². The fourth-order valence-electron chi connectivity index (χ4n) is 2.77. The molecule has 2 atom stereocenters. The molecule has 2 rings (SSSR count). The third-order valence-electron chi connectivity index (χ3n) is 3.70. The Hall–Kier alpha value is -0.180. The molecular formula is C15H22ClNS. The molecule has 0 spiro atoms. The molecule has 2 unspecified atom stereocenters. The Balaban J connectivity index is 1.73. The monoisotopic (exact) mass is 283 g/mol. The molecule has 0 aromatic heterocycles. The molecule has 0 amide bonds. The van der Waals surface area contributed by atoms with Crippen LogP contribution in [0.5, 0.6) is 0 Å². The Morgan fingerprint density at radius 2 is 2.06 bits per heavy atom. The number of hydrogen-bond donors (Lipinski definition) is 1. The van der Waals surface area contributed by atoms with Crippen molar-refractivity contribution in [2.24, 2.45) is 5.92 Å². The number of rotatable bonds is 6. The first-order valence-electron chi connectivity index (χ1n) is 6.91. The Morgan fingerprint density at radius 1 is 1.28 bits per heavy atom. The normalized spacial score (nSPS) is 23.4. The van der Waals surface area contributed by atoms with Gasteiger partial charge in [-0.2, -0.15) is 0 Å². The lowest BCUT2D eigenvalue weighted by molar-refractivity contribution is 0.400. The van der Waals surface area contributed by atoms with Crippen LogP contribution in [0.25, 0.3) is 0 Å². The Bertz CT molecular complexity index is 352. The van der Waals surface area contributed by atoms with E-state index < -0.39 is 0 Å². The summed E-state index contributed by atoms with van der Waals surface area (Å²) in [4.78, 5) is 1.33. The number of halogens is 1. The summed E-state index contributed by atoms with van der Waals surface area (Å²) >= 11 is 7.84.